The summed E-state index contributed by atoms with van der Waals surface area (Å²) in [5.41, 5.74) is 3.92. The van der Waals surface area contributed by atoms with Crippen LogP contribution in [0.25, 0.3) is 0 Å². The summed E-state index contributed by atoms with van der Waals surface area (Å²) >= 11 is 0. The summed E-state index contributed by atoms with van der Waals surface area (Å²) < 4.78 is 0. The van der Waals surface area contributed by atoms with Crippen LogP contribution in [0.1, 0.15) is 18.1 Å². The quantitative estimate of drug-likeness (QED) is 0.880. The number of hydrogen-bond donors (Lipinski definition) is 1. The first-order valence-corrected chi connectivity index (χ1v) is 8.24. The molecule has 0 aliphatic heterocycles. The molecule has 0 saturated carbocycles. The molecule has 5 nitrogen and oxygen atoms in total. The predicted octanol–water partition coefficient (Wildman–Crippen LogP) is 3.05. The molecule has 1 N–H and O–H groups in total. The zero-order valence-corrected chi connectivity index (χ0v) is 15.2. The number of rotatable bonds is 6. The van der Waals surface area contributed by atoms with E-state index >= 15 is 0 Å². The van der Waals surface area contributed by atoms with Gasteiger partial charge in [0.05, 0.1) is 0 Å². The molecular formula is C20H25N3O2. The number of nitrogens with zero attached hydrogens (tertiary/aromatic N) is 2. The molecule has 2 rings (SSSR count). The van der Waals surface area contributed by atoms with Crippen LogP contribution in [0.5, 0.6) is 0 Å². The van der Waals surface area contributed by atoms with E-state index in [1.54, 1.807) is 4.90 Å². The molecule has 25 heavy (non-hydrogen) atoms. The highest BCUT2D eigenvalue weighted by Crippen LogP contribution is 2.16. The third-order valence-electron chi connectivity index (χ3n) is 4.07. The van der Waals surface area contributed by atoms with Gasteiger partial charge in [-0.15, -0.1) is 0 Å². The number of aryl methyl sites for hydroxylation is 1. The van der Waals surface area contributed by atoms with Crippen molar-refractivity contribution in [3.63, 3.8) is 0 Å². The summed E-state index contributed by atoms with van der Waals surface area (Å²) in [6.07, 6.45) is 0. The standard InChI is InChI=1S/C20H25N3O2/c1-15-7-5-6-8-17(15)13-23(16(2)24)14-20(25)21-18-9-11-19(12-10-18)22(3)4/h5-12H,13-14H2,1-4H3,(H,21,25). The van der Waals surface area contributed by atoms with E-state index in [0.717, 1.165) is 22.5 Å². The summed E-state index contributed by atoms with van der Waals surface area (Å²) in [5.74, 6) is -0.331. The summed E-state index contributed by atoms with van der Waals surface area (Å²) in [5, 5.41) is 2.84. The highest BCUT2D eigenvalue weighted by molar-refractivity contribution is 5.94. The number of carbonyl (C=O) groups is 2. The molecule has 132 valence electrons. The van der Waals surface area contributed by atoms with Gasteiger partial charge in [0.15, 0.2) is 0 Å². The number of benzene rings is 2. The van der Waals surface area contributed by atoms with Crippen LogP contribution >= 0.6 is 0 Å². The highest BCUT2D eigenvalue weighted by atomic mass is 16.2. The van der Waals surface area contributed by atoms with Gasteiger partial charge in [0.1, 0.15) is 6.54 Å². The molecule has 0 radical (unpaired) electrons. The first-order valence-electron chi connectivity index (χ1n) is 8.24. The SMILES string of the molecule is CC(=O)N(CC(=O)Nc1ccc(N(C)C)cc1)Cc1ccccc1C. The Balaban J connectivity index is 2.00. The molecule has 0 spiro atoms. The van der Waals surface area contributed by atoms with Crippen LogP contribution in [0.15, 0.2) is 48.5 Å². The fraction of sp³-hybridized carbons (Fsp3) is 0.300. The van der Waals surface area contributed by atoms with Crippen molar-refractivity contribution in [1.29, 1.82) is 0 Å². The molecule has 5 heteroatoms. The fourth-order valence-corrected chi connectivity index (χ4v) is 2.49. The van der Waals surface area contributed by atoms with E-state index in [9.17, 15) is 9.59 Å². The highest BCUT2D eigenvalue weighted by Gasteiger charge is 2.15. The summed E-state index contributed by atoms with van der Waals surface area (Å²) in [6, 6.07) is 15.5. The van der Waals surface area contributed by atoms with Crippen molar-refractivity contribution < 1.29 is 9.59 Å². The molecule has 0 atom stereocenters. The molecule has 0 bridgehead atoms. The molecule has 2 amide bonds. The first kappa shape index (κ1) is 18.5. The van der Waals surface area contributed by atoms with Crippen molar-refractivity contribution in [3.8, 4) is 0 Å². The Labute approximate surface area is 149 Å². The van der Waals surface area contributed by atoms with Crippen LogP contribution in [0.4, 0.5) is 11.4 Å². The average Bonchev–Trinajstić information content (AvgIpc) is 2.56. The maximum absolute atomic E-state index is 12.3. The summed E-state index contributed by atoms with van der Waals surface area (Å²) in [4.78, 5) is 27.8. The number of amides is 2. The minimum atomic E-state index is -0.207. The number of carbonyl (C=O) groups excluding carboxylic acids is 2. The molecule has 0 aromatic heterocycles. The summed E-state index contributed by atoms with van der Waals surface area (Å²) in [6.45, 7) is 3.94. The largest absolute Gasteiger partial charge is 0.378 e. The van der Waals surface area contributed by atoms with Gasteiger partial charge in [0, 0.05) is 38.9 Å². The predicted molar refractivity (Wildman–Crippen MR) is 102 cm³/mol. The Morgan fingerprint density at radius 1 is 1.00 bits per heavy atom. The molecule has 0 aliphatic rings. The van der Waals surface area contributed by atoms with Crippen LogP contribution < -0.4 is 10.2 Å². The van der Waals surface area contributed by atoms with Gasteiger partial charge >= 0.3 is 0 Å². The fourth-order valence-electron chi connectivity index (χ4n) is 2.49. The van der Waals surface area contributed by atoms with Crippen LogP contribution in [-0.4, -0.2) is 37.4 Å². The molecule has 0 unspecified atom stereocenters. The average molecular weight is 339 g/mol. The second-order valence-electron chi connectivity index (χ2n) is 6.29. The lowest BCUT2D eigenvalue weighted by Gasteiger charge is -2.21. The molecular weight excluding hydrogens is 314 g/mol. The number of hydrogen-bond acceptors (Lipinski definition) is 3. The second kappa shape index (κ2) is 8.33. The van der Waals surface area contributed by atoms with Crippen molar-refractivity contribution in [2.24, 2.45) is 0 Å². The van der Waals surface area contributed by atoms with Gasteiger partial charge in [-0.05, 0) is 42.3 Å². The van der Waals surface area contributed by atoms with Gasteiger partial charge in [-0.1, -0.05) is 24.3 Å². The smallest absolute Gasteiger partial charge is 0.244 e. The summed E-state index contributed by atoms with van der Waals surface area (Å²) in [7, 11) is 3.92. The zero-order valence-electron chi connectivity index (χ0n) is 15.2. The molecule has 2 aromatic rings. The second-order valence-corrected chi connectivity index (χ2v) is 6.29. The molecule has 0 saturated heterocycles. The Morgan fingerprint density at radius 3 is 2.20 bits per heavy atom. The van der Waals surface area contributed by atoms with Crippen LogP contribution in [-0.2, 0) is 16.1 Å². The molecule has 0 fully saturated rings. The Kier molecular flexibility index (Phi) is 6.17. The van der Waals surface area contributed by atoms with E-state index in [2.05, 4.69) is 5.32 Å². The Morgan fingerprint density at radius 2 is 1.64 bits per heavy atom. The van der Waals surface area contributed by atoms with E-state index in [-0.39, 0.29) is 18.4 Å². The maximum atomic E-state index is 12.3. The third-order valence-corrected chi connectivity index (χ3v) is 4.07. The van der Waals surface area contributed by atoms with Crippen molar-refractivity contribution in [1.82, 2.24) is 4.90 Å². The normalized spacial score (nSPS) is 10.2. The van der Waals surface area contributed by atoms with Crippen molar-refractivity contribution >= 4 is 23.2 Å². The van der Waals surface area contributed by atoms with Crippen molar-refractivity contribution in [2.45, 2.75) is 20.4 Å². The van der Waals surface area contributed by atoms with E-state index < -0.39 is 0 Å². The van der Waals surface area contributed by atoms with Gasteiger partial charge < -0.3 is 15.1 Å². The molecule has 0 aliphatic carbocycles. The molecule has 0 heterocycles. The van der Waals surface area contributed by atoms with E-state index in [4.69, 9.17) is 0 Å². The van der Waals surface area contributed by atoms with Crippen molar-refractivity contribution in [2.75, 3.05) is 30.9 Å². The van der Waals surface area contributed by atoms with Crippen LogP contribution in [0.2, 0.25) is 0 Å². The first-order chi connectivity index (χ1) is 11.9. The Hall–Kier alpha value is -2.82. The maximum Gasteiger partial charge on any atom is 0.244 e. The van der Waals surface area contributed by atoms with Gasteiger partial charge in [-0.2, -0.15) is 0 Å². The lowest BCUT2D eigenvalue weighted by atomic mass is 10.1. The monoisotopic (exact) mass is 339 g/mol. The lowest BCUT2D eigenvalue weighted by Crippen LogP contribution is -2.36. The van der Waals surface area contributed by atoms with E-state index in [0.29, 0.717) is 6.54 Å². The van der Waals surface area contributed by atoms with Gasteiger partial charge in [0.2, 0.25) is 11.8 Å². The van der Waals surface area contributed by atoms with Crippen molar-refractivity contribution in [3.05, 3.63) is 59.7 Å². The van der Waals surface area contributed by atoms with E-state index in [1.165, 1.54) is 6.92 Å². The van der Waals surface area contributed by atoms with Crippen LogP contribution in [0, 0.1) is 6.92 Å². The van der Waals surface area contributed by atoms with E-state index in [1.807, 2.05) is 74.4 Å². The number of anilines is 2. The van der Waals surface area contributed by atoms with Gasteiger partial charge in [-0.3, -0.25) is 9.59 Å². The zero-order chi connectivity index (χ0) is 18.4. The third kappa shape index (κ3) is 5.35. The molecule has 2 aromatic carbocycles. The lowest BCUT2D eigenvalue weighted by molar-refractivity contribution is -0.133. The van der Waals surface area contributed by atoms with Gasteiger partial charge in [0.25, 0.3) is 0 Å². The minimum Gasteiger partial charge on any atom is -0.378 e. The number of nitrogens with one attached hydrogen (secondary N) is 1. The topological polar surface area (TPSA) is 52.7 Å². The minimum absolute atomic E-state index is 0.0269. The Bertz CT molecular complexity index is 739. The van der Waals surface area contributed by atoms with Crippen LogP contribution in [0.3, 0.4) is 0 Å². The van der Waals surface area contributed by atoms with Gasteiger partial charge in [-0.25, -0.2) is 0 Å².